The van der Waals surface area contributed by atoms with Gasteiger partial charge in [-0.3, -0.25) is 9.48 Å². The Morgan fingerprint density at radius 2 is 2.12 bits per heavy atom. The van der Waals surface area contributed by atoms with E-state index in [0.717, 1.165) is 12.8 Å². The molecule has 1 aliphatic carbocycles. The zero-order valence-electron chi connectivity index (χ0n) is 17.2. The molecule has 4 aromatic rings. The van der Waals surface area contributed by atoms with Crippen LogP contribution >= 0.6 is 0 Å². The van der Waals surface area contributed by atoms with Crippen LogP contribution in [-0.4, -0.2) is 26.1 Å². The van der Waals surface area contributed by atoms with E-state index in [1.165, 1.54) is 16.8 Å². The summed E-state index contributed by atoms with van der Waals surface area (Å²) in [4.78, 5) is 15.8. The number of aromatic amines is 1. The lowest BCUT2D eigenvalue weighted by Gasteiger charge is -2.14. The molecule has 1 saturated carbocycles. The third kappa shape index (κ3) is 3.21. The highest BCUT2D eigenvalue weighted by molar-refractivity contribution is 5.94. The molecule has 0 spiro atoms. The number of fused-ring (bicyclic) bond motifs is 1. The van der Waals surface area contributed by atoms with Crippen molar-refractivity contribution < 1.29 is 9.13 Å². The van der Waals surface area contributed by atoms with E-state index in [-0.39, 0.29) is 29.5 Å². The van der Waals surface area contributed by atoms with E-state index in [4.69, 9.17) is 17.0 Å². The third-order valence-corrected chi connectivity index (χ3v) is 5.57. The topological polar surface area (TPSA) is 103 Å². The first-order valence-corrected chi connectivity index (χ1v) is 10.1. The number of rotatable bonds is 5. The summed E-state index contributed by atoms with van der Waals surface area (Å²) < 4.78 is 22.5. The predicted molar refractivity (Wildman–Crippen MR) is 118 cm³/mol. The second-order valence-corrected chi connectivity index (χ2v) is 7.69. The number of halogens is 1. The number of nitrogens with two attached hydrogens (primary N) is 1. The van der Waals surface area contributed by atoms with Crippen molar-refractivity contribution in [1.82, 2.24) is 20.0 Å². The molecule has 0 unspecified atom stereocenters. The van der Waals surface area contributed by atoms with Crippen LogP contribution in [0, 0.1) is 12.4 Å². The highest BCUT2D eigenvalue weighted by Gasteiger charge is 2.28. The molecule has 8 nitrogen and oxygen atoms in total. The number of nitrogens with one attached hydrogen (secondary N) is 1. The molecule has 32 heavy (non-hydrogen) atoms. The van der Waals surface area contributed by atoms with Crippen molar-refractivity contribution in [2.24, 2.45) is 12.8 Å². The van der Waals surface area contributed by atoms with Gasteiger partial charge in [0.1, 0.15) is 11.6 Å². The van der Waals surface area contributed by atoms with E-state index in [1.54, 1.807) is 31.4 Å². The Hall–Kier alpha value is -4.03. The smallest absolute Gasteiger partial charge is 0.272 e. The van der Waals surface area contributed by atoms with Crippen molar-refractivity contribution in [3.05, 3.63) is 69.8 Å². The highest BCUT2D eigenvalue weighted by Crippen LogP contribution is 2.45. The van der Waals surface area contributed by atoms with Gasteiger partial charge in [-0.25, -0.2) is 14.3 Å². The molecule has 0 bridgehead atoms. The van der Waals surface area contributed by atoms with E-state index in [2.05, 4.69) is 20.1 Å². The summed E-state index contributed by atoms with van der Waals surface area (Å²) in [5.41, 5.74) is 8.04. The normalized spacial score (nSPS) is 13.3. The highest BCUT2D eigenvalue weighted by atomic mass is 19.1. The van der Waals surface area contributed by atoms with Gasteiger partial charge in [-0.15, -0.1) is 0 Å². The van der Waals surface area contributed by atoms with Crippen LogP contribution in [0.4, 0.5) is 10.1 Å². The van der Waals surface area contributed by atoms with E-state index < -0.39 is 5.82 Å². The van der Waals surface area contributed by atoms with Crippen LogP contribution in [0.25, 0.3) is 38.0 Å². The Balaban J connectivity index is 1.74. The molecule has 9 heteroatoms. The van der Waals surface area contributed by atoms with Crippen LogP contribution < -0.4 is 16.0 Å². The van der Waals surface area contributed by atoms with Crippen molar-refractivity contribution in [3.8, 4) is 28.1 Å². The summed E-state index contributed by atoms with van der Waals surface area (Å²) in [6.45, 7) is 7.85. The largest absolute Gasteiger partial charge is 0.501 e. The maximum Gasteiger partial charge on any atom is 0.272 e. The molecule has 0 aliphatic heterocycles. The van der Waals surface area contributed by atoms with Gasteiger partial charge in [0.25, 0.3) is 5.56 Å². The van der Waals surface area contributed by atoms with Gasteiger partial charge in [-0.2, -0.15) is 10.2 Å². The van der Waals surface area contributed by atoms with E-state index in [0.29, 0.717) is 39.0 Å². The number of H-pyrrole nitrogens is 1. The van der Waals surface area contributed by atoms with Crippen LogP contribution in [0.2, 0.25) is 0 Å². The van der Waals surface area contributed by atoms with Crippen molar-refractivity contribution in [2.45, 2.75) is 25.5 Å². The fraction of sp³-hybridized carbons (Fsp3) is 0.217. The van der Waals surface area contributed by atoms with Gasteiger partial charge in [-0.1, -0.05) is 6.07 Å². The first kappa shape index (κ1) is 19.9. The Labute approximate surface area is 182 Å². The van der Waals surface area contributed by atoms with Crippen molar-refractivity contribution in [1.29, 1.82) is 0 Å². The number of benzene rings is 2. The maximum absolute atomic E-state index is 15.1. The predicted octanol–water partition coefficient (Wildman–Crippen LogP) is 3.68. The van der Waals surface area contributed by atoms with Crippen LogP contribution in [0.1, 0.15) is 18.5 Å². The van der Waals surface area contributed by atoms with Gasteiger partial charge in [-0.05, 0) is 42.7 Å². The number of ether oxygens (including phenoxy) is 1. The molecule has 0 radical (unpaired) electrons. The average molecular weight is 430 g/mol. The summed E-state index contributed by atoms with van der Waals surface area (Å²) in [6.07, 6.45) is 3.53. The number of aromatic nitrogens is 4. The van der Waals surface area contributed by atoms with Crippen molar-refractivity contribution in [2.75, 3.05) is 0 Å². The third-order valence-electron chi connectivity index (χ3n) is 5.57. The summed E-state index contributed by atoms with van der Waals surface area (Å²) in [5, 5.41) is 11.9. The van der Waals surface area contributed by atoms with Gasteiger partial charge in [0, 0.05) is 30.1 Å². The van der Waals surface area contributed by atoms with Gasteiger partial charge >= 0.3 is 0 Å². The zero-order valence-corrected chi connectivity index (χ0v) is 17.2. The molecule has 160 valence electrons. The van der Waals surface area contributed by atoms with Crippen molar-refractivity contribution in [3.63, 3.8) is 0 Å². The molecule has 2 aromatic heterocycles. The second kappa shape index (κ2) is 7.59. The summed E-state index contributed by atoms with van der Waals surface area (Å²) in [7, 11) is 1.69. The van der Waals surface area contributed by atoms with Crippen LogP contribution in [0.15, 0.2) is 41.3 Å². The quantitative estimate of drug-likeness (QED) is 0.470. The minimum Gasteiger partial charge on any atom is -0.501 e. The van der Waals surface area contributed by atoms with E-state index >= 15 is 4.39 Å². The molecule has 2 heterocycles. The van der Waals surface area contributed by atoms with E-state index in [9.17, 15) is 4.79 Å². The first-order chi connectivity index (χ1) is 15.5. The lowest BCUT2D eigenvalue weighted by molar-refractivity contribution is 0.305. The van der Waals surface area contributed by atoms with Gasteiger partial charge in [0.05, 0.1) is 35.6 Å². The Bertz CT molecular complexity index is 1460. The molecule has 5 rings (SSSR count). The van der Waals surface area contributed by atoms with Crippen LogP contribution in [-0.2, 0) is 13.6 Å². The Morgan fingerprint density at radius 1 is 1.31 bits per heavy atom. The molecule has 1 aliphatic rings. The molecule has 2 aromatic carbocycles. The summed E-state index contributed by atoms with van der Waals surface area (Å²) in [5.74, 6) is -0.170. The lowest BCUT2D eigenvalue weighted by Crippen LogP contribution is -2.13. The van der Waals surface area contributed by atoms with Crippen LogP contribution in [0.3, 0.4) is 0 Å². The standard InChI is InChI=1S/C23H19FN6O2/c1-26-21-19(32-13-4-5-13)8-7-17(24)20(21)22-16(11-27-30(22)2)12-3-6-14-15(9-12)18(10-25)28-29-23(14)31/h3,6-9,11,13H,4-5,10,25H2,2H3,(H,29,31). The minimum atomic E-state index is -0.537. The molecule has 3 N–H and O–H groups in total. The molecule has 1 fully saturated rings. The average Bonchev–Trinajstić information content (AvgIpc) is 3.54. The molecule has 0 amide bonds. The Kier molecular flexibility index (Phi) is 4.72. The van der Waals surface area contributed by atoms with Crippen LogP contribution in [0.5, 0.6) is 5.75 Å². The number of nitrogens with zero attached hydrogens (tertiary/aromatic N) is 4. The fourth-order valence-electron chi connectivity index (χ4n) is 3.83. The Morgan fingerprint density at radius 3 is 2.84 bits per heavy atom. The maximum atomic E-state index is 15.1. The first-order valence-electron chi connectivity index (χ1n) is 10.1. The SMILES string of the molecule is [C-]#[N+]c1c(OC2CC2)ccc(F)c1-c1c(-c2ccc3c(=O)[nH]nc(CN)c3c2)cnn1C. The molecular formula is C23H19FN6O2. The second-order valence-electron chi connectivity index (χ2n) is 7.69. The minimum absolute atomic E-state index is 0.0700. The summed E-state index contributed by atoms with van der Waals surface area (Å²) >= 11 is 0. The molecule has 0 atom stereocenters. The number of hydrogen-bond donors (Lipinski definition) is 2. The summed E-state index contributed by atoms with van der Waals surface area (Å²) in [6, 6.07) is 8.05. The lowest BCUT2D eigenvalue weighted by atomic mass is 9.97. The monoisotopic (exact) mass is 430 g/mol. The zero-order chi connectivity index (χ0) is 22.4. The van der Waals surface area contributed by atoms with E-state index in [1.807, 2.05) is 0 Å². The van der Waals surface area contributed by atoms with Gasteiger partial charge in [0.15, 0.2) is 0 Å². The van der Waals surface area contributed by atoms with Gasteiger partial charge in [0.2, 0.25) is 5.69 Å². The number of aryl methyl sites for hydroxylation is 1. The molecular weight excluding hydrogens is 411 g/mol. The fourth-order valence-corrected chi connectivity index (χ4v) is 3.83. The van der Waals surface area contributed by atoms with Crippen molar-refractivity contribution >= 4 is 16.5 Å². The molecule has 0 saturated heterocycles. The number of hydrogen-bond acceptors (Lipinski definition) is 5. The van der Waals surface area contributed by atoms with Gasteiger partial charge < -0.3 is 10.5 Å².